The van der Waals surface area contributed by atoms with Gasteiger partial charge in [-0.3, -0.25) is 20.2 Å². The maximum Gasteiger partial charge on any atom is 0.270 e. The fourth-order valence-electron chi connectivity index (χ4n) is 2.60. The monoisotopic (exact) mass is 356 g/mol. The van der Waals surface area contributed by atoms with Crippen molar-refractivity contribution in [3.8, 4) is 5.75 Å². The Labute approximate surface area is 147 Å². The van der Waals surface area contributed by atoms with Crippen molar-refractivity contribution in [1.29, 1.82) is 0 Å². The molecule has 9 nitrogen and oxygen atoms in total. The summed E-state index contributed by atoms with van der Waals surface area (Å²) in [5.41, 5.74) is 1.11. The molecule has 0 aliphatic carbocycles. The molecule has 2 aromatic carbocycles. The van der Waals surface area contributed by atoms with Crippen LogP contribution in [0.15, 0.2) is 42.5 Å². The molecule has 0 aliphatic rings. The highest BCUT2D eigenvalue weighted by Crippen LogP contribution is 2.24. The van der Waals surface area contributed by atoms with E-state index in [2.05, 4.69) is 10.3 Å². The zero-order valence-electron chi connectivity index (χ0n) is 13.6. The number of carbonyl (C=O) groups excluding carboxylic acids is 1. The summed E-state index contributed by atoms with van der Waals surface area (Å²) < 4.78 is 1.71. The van der Waals surface area contributed by atoms with Gasteiger partial charge in [0.1, 0.15) is 5.75 Å². The van der Waals surface area contributed by atoms with Gasteiger partial charge in [0.25, 0.3) is 11.6 Å². The molecule has 0 atom stereocenters. The van der Waals surface area contributed by atoms with E-state index >= 15 is 0 Å². The van der Waals surface area contributed by atoms with Crippen LogP contribution in [-0.2, 0) is 6.54 Å². The highest BCUT2D eigenvalue weighted by molar-refractivity contribution is 6.04. The van der Waals surface area contributed by atoms with Crippen LogP contribution in [-0.4, -0.2) is 37.2 Å². The molecule has 1 aromatic heterocycles. The minimum atomic E-state index is -0.573. The van der Waals surface area contributed by atoms with Gasteiger partial charge in [0.05, 0.1) is 16.0 Å². The van der Waals surface area contributed by atoms with Crippen molar-refractivity contribution in [2.75, 3.05) is 11.9 Å². The van der Waals surface area contributed by atoms with E-state index in [4.69, 9.17) is 5.11 Å². The van der Waals surface area contributed by atoms with E-state index in [1.165, 1.54) is 36.4 Å². The number of aliphatic hydroxyl groups excluding tert-OH is 1. The second-order valence-corrected chi connectivity index (χ2v) is 5.60. The quantitative estimate of drug-likeness (QED) is 0.459. The van der Waals surface area contributed by atoms with E-state index in [0.717, 1.165) is 0 Å². The van der Waals surface area contributed by atoms with E-state index in [-0.39, 0.29) is 29.6 Å². The number of anilines is 1. The van der Waals surface area contributed by atoms with Crippen molar-refractivity contribution in [3.63, 3.8) is 0 Å². The Hall–Kier alpha value is -3.46. The molecule has 134 valence electrons. The SMILES string of the molecule is O=C(Nc1nc2cc(O)ccc2n1CCCO)c1cccc([N+](=O)[O-])c1. The topological polar surface area (TPSA) is 131 Å². The van der Waals surface area contributed by atoms with E-state index in [0.29, 0.717) is 24.0 Å². The second kappa shape index (κ2) is 7.19. The molecule has 3 N–H and O–H groups in total. The van der Waals surface area contributed by atoms with E-state index in [9.17, 15) is 20.0 Å². The molecule has 0 aliphatic heterocycles. The molecule has 0 bridgehead atoms. The Morgan fingerprint density at radius 1 is 1.27 bits per heavy atom. The number of carbonyl (C=O) groups is 1. The van der Waals surface area contributed by atoms with Gasteiger partial charge < -0.3 is 14.8 Å². The number of phenolic OH excluding ortho intramolecular Hbond substituents is 1. The predicted molar refractivity (Wildman–Crippen MR) is 94.2 cm³/mol. The summed E-state index contributed by atoms with van der Waals surface area (Å²) in [5, 5.41) is 32.2. The Kier molecular flexibility index (Phi) is 4.81. The van der Waals surface area contributed by atoms with Gasteiger partial charge >= 0.3 is 0 Å². The molecule has 0 radical (unpaired) electrons. The maximum absolute atomic E-state index is 12.5. The third-order valence-corrected chi connectivity index (χ3v) is 3.82. The minimum Gasteiger partial charge on any atom is -0.508 e. The number of nitrogens with zero attached hydrogens (tertiary/aromatic N) is 3. The first-order valence-electron chi connectivity index (χ1n) is 7.85. The standard InChI is InChI=1S/C17H16N4O5/c22-8-2-7-20-15-6-5-13(23)10-14(15)18-17(20)19-16(24)11-3-1-4-12(9-11)21(25)26/h1,3-6,9-10,22-23H,2,7-8H2,(H,18,19,24). The highest BCUT2D eigenvalue weighted by atomic mass is 16.6. The van der Waals surface area contributed by atoms with Gasteiger partial charge in [-0.05, 0) is 24.6 Å². The predicted octanol–water partition coefficient (Wildman–Crippen LogP) is 2.28. The highest BCUT2D eigenvalue weighted by Gasteiger charge is 2.16. The number of fused-ring (bicyclic) bond motifs is 1. The molecule has 1 heterocycles. The van der Waals surface area contributed by atoms with Crippen LogP contribution in [0.25, 0.3) is 11.0 Å². The van der Waals surface area contributed by atoms with Gasteiger partial charge in [0, 0.05) is 36.9 Å². The number of nitro groups is 1. The van der Waals surface area contributed by atoms with Gasteiger partial charge in [-0.15, -0.1) is 0 Å². The van der Waals surface area contributed by atoms with Crippen LogP contribution in [0.2, 0.25) is 0 Å². The first kappa shape index (κ1) is 17.4. The van der Waals surface area contributed by atoms with E-state index < -0.39 is 10.8 Å². The number of hydrogen-bond acceptors (Lipinski definition) is 6. The summed E-state index contributed by atoms with van der Waals surface area (Å²) in [4.78, 5) is 27.1. The third kappa shape index (κ3) is 3.47. The molecule has 0 saturated carbocycles. The van der Waals surface area contributed by atoms with Crippen LogP contribution < -0.4 is 5.32 Å². The first-order valence-corrected chi connectivity index (χ1v) is 7.85. The Morgan fingerprint density at radius 3 is 2.81 bits per heavy atom. The number of imidazole rings is 1. The number of aromatic hydroxyl groups is 1. The summed E-state index contributed by atoms with van der Waals surface area (Å²) >= 11 is 0. The lowest BCUT2D eigenvalue weighted by Gasteiger charge is -2.09. The number of nitrogens with one attached hydrogen (secondary N) is 1. The van der Waals surface area contributed by atoms with Crippen molar-refractivity contribution in [2.45, 2.75) is 13.0 Å². The zero-order chi connectivity index (χ0) is 18.7. The summed E-state index contributed by atoms with van der Waals surface area (Å²) in [7, 11) is 0. The molecule has 26 heavy (non-hydrogen) atoms. The number of benzene rings is 2. The van der Waals surface area contributed by atoms with Crippen LogP contribution in [0.4, 0.5) is 11.6 Å². The van der Waals surface area contributed by atoms with Gasteiger partial charge in [0.15, 0.2) is 0 Å². The number of rotatable bonds is 6. The van der Waals surface area contributed by atoms with Crippen LogP contribution in [0.3, 0.4) is 0 Å². The minimum absolute atomic E-state index is 0.0317. The number of amides is 1. The number of non-ortho nitro benzene ring substituents is 1. The number of hydrogen-bond donors (Lipinski definition) is 3. The molecule has 0 spiro atoms. The van der Waals surface area contributed by atoms with Gasteiger partial charge in [-0.25, -0.2) is 4.98 Å². The number of phenols is 1. The van der Waals surface area contributed by atoms with Crippen molar-refractivity contribution in [1.82, 2.24) is 9.55 Å². The van der Waals surface area contributed by atoms with Gasteiger partial charge in [0.2, 0.25) is 5.95 Å². The molecule has 1 amide bonds. The Bertz CT molecular complexity index is 982. The molecule has 0 fully saturated rings. The van der Waals surface area contributed by atoms with Gasteiger partial charge in [-0.2, -0.15) is 0 Å². The molecular formula is C17H16N4O5. The smallest absolute Gasteiger partial charge is 0.270 e. The fourth-order valence-corrected chi connectivity index (χ4v) is 2.60. The third-order valence-electron chi connectivity index (χ3n) is 3.82. The largest absolute Gasteiger partial charge is 0.508 e. The van der Waals surface area contributed by atoms with Crippen molar-refractivity contribution in [2.24, 2.45) is 0 Å². The normalized spacial score (nSPS) is 10.8. The average molecular weight is 356 g/mol. The molecule has 9 heteroatoms. The van der Waals surface area contributed by atoms with Crippen molar-refractivity contribution < 1.29 is 19.9 Å². The van der Waals surface area contributed by atoms with Crippen LogP contribution in [0, 0.1) is 10.1 Å². The van der Waals surface area contributed by atoms with E-state index in [1.807, 2.05) is 0 Å². The Balaban J connectivity index is 1.95. The lowest BCUT2D eigenvalue weighted by atomic mass is 10.2. The van der Waals surface area contributed by atoms with Gasteiger partial charge in [-0.1, -0.05) is 6.07 Å². The summed E-state index contributed by atoms with van der Waals surface area (Å²) in [6.45, 7) is 0.373. The van der Waals surface area contributed by atoms with Crippen molar-refractivity contribution >= 4 is 28.6 Å². The number of aliphatic hydroxyl groups is 1. The van der Waals surface area contributed by atoms with Crippen LogP contribution in [0.5, 0.6) is 5.75 Å². The lowest BCUT2D eigenvalue weighted by Crippen LogP contribution is -2.16. The molecule has 3 rings (SSSR count). The summed E-state index contributed by atoms with van der Waals surface area (Å²) in [5.74, 6) is -0.269. The van der Waals surface area contributed by atoms with E-state index in [1.54, 1.807) is 10.6 Å². The molecule has 3 aromatic rings. The summed E-state index contributed by atoms with van der Waals surface area (Å²) in [6.07, 6.45) is 0.450. The molecule has 0 unspecified atom stereocenters. The zero-order valence-corrected chi connectivity index (χ0v) is 13.6. The fraction of sp³-hybridized carbons (Fsp3) is 0.176. The van der Waals surface area contributed by atoms with Crippen LogP contribution >= 0.6 is 0 Å². The average Bonchev–Trinajstić information content (AvgIpc) is 2.95. The summed E-state index contributed by atoms with van der Waals surface area (Å²) in [6, 6.07) is 10.0. The number of aromatic nitrogens is 2. The Morgan fingerprint density at radius 2 is 2.08 bits per heavy atom. The number of aryl methyl sites for hydroxylation is 1. The molecular weight excluding hydrogens is 340 g/mol. The lowest BCUT2D eigenvalue weighted by molar-refractivity contribution is -0.384. The maximum atomic E-state index is 12.5. The second-order valence-electron chi connectivity index (χ2n) is 5.60. The molecule has 0 saturated heterocycles. The van der Waals surface area contributed by atoms with Crippen molar-refractivity contribution in [3.05, 3.63) is 58.1 Å². The first-order chi connectivity index (χ1) is 12.5. The van der Waals surface area contributed by atoms with Crippen LogP contribution in [0.1, 0.15) is 16.8 Å². The number of nitro benzene ring substituents is 1.